The van der Waals surface area contributed by atoms with Gasteiger partial charge in [0.25, 0.3) is 0 Å². The number of nitrogens with one attached hydrogen (secondary N) is 2. The molecule has 0 saturated carbocycles. The third-order valence-corrected chi connectivity index (χ3v) is 4.73. The molecule has 0 saturated heterocycles. The molecule has 2 N–H and O–H groups in total. The lowest BCUT2D eigenvalue weighted by Gasteiger charge is -2.18. The Morgan fingerprint density at radius 3 is 2.78 bits per heavy atom. The molecule has 0 radical (unpaired) electrons. The third kappa shape index (κ3) is 4.82. The van der Waals surface area contributed by atoms with E-state index in [-0.39, 0.29) is 6.04 Å². The van der Waals surface area contributed by atoms with Crippen molar-refractivity contribution in [2.75, 3.05) is 6.54 Å². The van der Waals surface area contributed by atoms with E-state index in [2.05, 4.69) is 65.9 Å². The van der Waals surface area contributed by atoms with Gasteiger partial charge in [0, 0.05) is 30.2 Å². The number of guanidine groups is 1. The fourth-order valence-corrected chi connectivity index (χ4v) is 3.21. The highest BCUT2D eigenvalue weighted by Crippen LogP contribution is 2.14. The Hall–Kier alpha value is -1.82. The van der Waals surface area contributed by atoms with Crippen LogP contribution in [-0.4, -0.2) is 28.3 Å². The number of nitrogens with zero attached hydrogens (tertiary/aromatic N) is 3. The Labute approximate surface area is 142 Å². The second-order valence-corrected chi connectivity index (χ2v) is 6.83. The maximum absolute atomic E-state index is 4.67. The van der Waals surface area contributed by atoms with E-state index in [1.54, 1.807) is 11.3 Å². The van der Waals surface area contributed by atoms with Crippen molar-refractivity contribution in [2.24, 2.45) is 12.0 Å². The molecule has 0 amide bonds. The van der Waals surface area contributed by atoms with E-state index < -0.39 is 0 Å². The number of hydrogen-bond acceptors (Lipinski definition) is 3. The lowest BCUT2D eigenvalue weighted by atomic mass is 10.1. The highest BCUT2D eigenvalue weighted by molar-refractivity contribution is 7.09. The summed E-state index contributed by atoms with van der Waals surface area (Å²) >= 11 is 1.74. The molecule has 0 aromatic carbocycles. The predicted molar refractivity (Wildman–Crippen MR) is 98.1 cm³/mol. The highest BCUT2D eigenvalue weighted by atomic mass is 32.1. The molecule has 2 rings (SSSR count). The van der Waals surface area contributed by atoms with Gasteiger partial charge in [0.05, 0.1) is 12.2 Å². The van der Waals surface area contributed by atoms with Crippen LogP contribution in [0.5, 0.6) is 0 Å². The zero-order chi connectivity index (χ0) is 16.8. The summed E-state index contributed by atoms with van der Waals surface area (Å²) in [7, 11) is 2.00. The van der Waals surface area contributed by atoms with Gasteiger partial charge in [-0.2, -0.15) is 5.10 Å². The van der Waals surface area contributed by atoms with Crippen LogP contribution in [0, 0.1) is 13.8 Å². The first-order valence-electron chi connectivity index (χ1n) is 8.07. The third-order valence-electron chi connectivity index (χ3n) is 3.87. The van der Waals surface area contributed by atoms with Gasteiger partial charge in [-0.05, 0) is 51.1 Å². The molecule has 126 valence electrons. The monoisotopic (exact) mass is 333 g/mol. The van der Waals surface area contributed by atoms with Crippen LogP contribution in [0.3, 0.4) is 0 Å². The Kier molecular flexibility index (Phi) is 6.21. The molecule has 0 bridgehead atoms. The molecule has 0 fully saturated rings. The predicted octanol–water partition coefficient (Wildman–Crippen LogP) is 2.78. The van der Waals surface area contributed by atoms with Crippen LogP contribution >= 0.6 is 11.3 Å². The standard InChI is InChI=1S/C17H27N5S/c1-6-18-17(19-11-15-8-7-9-23-15)20-12(2)10-16-13(3)21-22(5)14(16)4/h7-9,12H,6,10-11H2,1-5H3,(H2,18,19,20). The molecule has 1 unspecified atom stereocenters. The van der Waals surface area contributed by atoms with Gasteiger partial charge < -0.3 is 10.6 Å². The number of thiophene rings is 1. The smallest absolute Gasteiger partial charge is 0.191 e. The van der Waals surface area contributed by atoms with Gasteiger partial charge in [0.2, 0.25) is 0 Å². The summed E-state index contributed by atoms with van der Waals surface area (Å²) in [5.41, 5.74) is 3.66. The molecule has 0 aliphatic heterocycles. The van der Waals surface area contributed by atoms with Crippen molar-refractivity contribution in [2.45, 2.75) is 46.7 Å². The largest absolute Gasteiger partial charge is 0.357 e. The molecule has 0 aliphatic carbocycles. The lowest BCUT2D eigenvalue weighted by molar-refractivity contribution is 0.636. The number of aromatic nitrogens is 2. The van der Waals surface area contributed by atoms with E-state index in [0.29, 0.717) is 6.54 Å². The molecular weight excluding hydrogens is 306 g/mol. The molecule has 0 spiro atoms. The Balaban J connectivity index is 1.99. The molecule has 2 heterocycles. The van der Waals surface area contributed by atoms with Crippen LogP contribution < -0.4 is 10.6 Å². The first-order valence-corrected chi connectivity index (χ1v) is 8.95. The maximum Gasteiger partial charge on any atom is 0.191 e. The first kappa shape index (κ1) is 17.5. The van der Waals surface area contributed by atoms with Crippen molar-refractivity contribution >= 4 is 17.3 Å². The number of hydrogen-bond donors (Lipinski definition) is 2. The highest BCUT2D eigenvalue weighted by Gasteiger charge is 2.13. The first-order chi connectivity index (χ1) is 11.0. The van der Waals surface area contributed by atoms with Crippen molar-refractivity contribution in [3.63, 3.8) is 0 Å². The quantitative estimate of drug-likeness (QED) is 0.631. The van der Waals surface area contributed by atoms with E-state index in [9.17, 15) is 0 Å². The topological polar surface area (TPSA) is 54.2 Å². The summed E-state index contributed by atoms with van der Waals surface area (Å²) in [5, 5.41) is 13.4. The van der Waals surface area contributed by atoms with Crippen LogP contribution in [-0.2, 0) is 20.0 Å². The molecule has 1 atom stereocenters. The molecule has 23 heavy (non-hydrogen) atoms. The van der Waals surface area contributed by atoms with Crippen molar-refractivity contribution in [3.05, 3.63) is 39.3 Å². The zero-order valence-electron chi connectivity index (χ0n) is 14.7. The SMILES string of the molecule is CCNC(=NCc1cccs1)NC(C)Cc1c(C)nn(C)c1C. The minimum absolute atomic E-state index is 0.290. The molecule has 5 nitrogen and oxygen atoms in total. The van der Waals surface area contributed by atoms with E-state index >= 15 is 0 Å². The lowest BCUT2D eigenvalue weighted by Crippen LogP contribution is -2.43. The zero-order valence-corrected chi connectivity index (χ0v) is 15.5. The molecular formula is C17H27N5S. The van der Waals surface area contributed by atoms with Gasteiger partial charge >= 0.3 is 0 Å². The summed E-state index contributed by atoms with van der Waals surface area (Å²) in [4.78, 5) is 5.94. The summed E-state index contributed by atoms with van der Waals surface area (Å²) in [6.07, 6.45) is 0.939. The molecule has 0 aliphatic rings. The summed E-state index contributed by atoms with van der Waals surface area (Å²) in [6, 6.07) is 4.47. The van der Waals surface area contributed by atoms with Crippen molar-refractivity contribution in [3.8, 4) is 0 Å². The second-order valence-electron chi connectivity index (χ2n) is 5.80. The van der Waals surface area contributed by atoms with Gasteiger partial charge in [-0.15, -0.1) is 11.3 Å². The summed E-state index contributed by atoms with van der Waals surface area (Å²) < 4.78 is 1.95. The minimum Gasteiger partial charge on any atom is -0.357 e. The minimum atomic E-state index is 0.290. The number of rotatable bonds is 6. The fourth-order valence-electron chi connectivity index (χ4n) is 2.58. The molecule has 6 heteroatoms. The number of aliphatic imine (C=N–C) groups is 1. The van der Waals surface area contributed by atoms with Crippen molar-refractivity contribution < 1.29 is 0 Å². The van der Waals surface area contributed by atoms with Gasteiger partial charge in [-0.1, -0.05) is 6.07 Å². The van der Waals surface area contributed by atoms with Crippen molar-refractivity contribution in [1.29, 1.82) is 0 Å². The van der Waals surface area contributed by atoms with Crippen LogP contribution in [0.1, 0.15) is 35.7 Å². The fraction of sp³-hybridized carbons (Fsp3) is 0.529. The molecule has 2 aromatic heterocycles. The van der Waals surface area contributed by atoms with Crippen molar-refractivity contribution in [1.82, 2.24) is 20.4 Å². The Morgan fingerprint density at radius 1 is 1.43 bits per heavy atom. The normalized spacial score (nSPS) is 13.2. The van der Waals surface area contributed by atoms with Gasteiger partial charge in [-0.3, -0.25) is 4.68 Å². The van der Waals surface area contributed by atoms with E-state index in [4.69, 9.17) is 0 Å². The summed E-state index contributed by atoms with van der Waals surface area (Å²) in [6.45, 7) is 10.0. The second kappa shape index (κ2) is 8.15. The summed E-state index contributed by atoms with van der Waals surface area (Å²) in [5.74, 6) is 0.868. The van der Waals surface area contributed by atoms with Gasteiger partial charge in [-0.25, -0.2) is 4.99 Å². The average Bonchev–Trinajstić information content (AvgIpc) is 3.10. The van der Waals surface area contributed by atoms with Crippen LogP contribution in [0.15, 0.2) is 22.5 Å². The van der Waals surface area contributed by atoms with E-state index in [1.165, 1.54) is 16.1 Å². The van der Waals surface area contributed by atoms with Gasteiger partial charge in [0.15, 0.2) is 5.96 Å². The Bertz CT molecular complexity index is 642. The molecule has 2 aromatic rings. The van der Waals surface area contributed by atoms with Crippen LogP contribution in [0.25, 0.3) is 0 Å². The van der Waals surface area contributed by atoms with Crippen LogP contribution in [0.2, 0.25) is 0 Å². The average molecular weight is 334 g/mol. The van der Waals surface area contributed by atoms with Crippen LogP contribution in [0.4, 0.5) is 0 Å². The Morgan fingerprint density at radius 2 is 2.22 bits per heavy atom. The van der Waals surface area contributed by atoms with Gasteiger partial charge in [0.1, 0.15) is 0 Å². The maximum atomic E-state index is 4.67. The van der Waals surface area contributed by atoms with E-state index in [1.807, 2.05) is 11.7 Å². The number of aryl methyl sites for hydroxylation is 2. The van der Waals surface area contributed by atoms with E-state index in [0.717, 1.165) is 24.6 Å².